The molecule has 0 unspecified atom stereocenters. The molecule has 0 spiro atoms. The first kappa shape index (κ1) is 17.1. The molecule has 0 atom stereocenters. The zero-order valence-corrected chi connectivity index (χ0v) is 15.0. The lowest BCUT2D eigenvalue weighted by Crippen LogP contribution is -2.26. The van der Waals surface area contributed by atoms with Gasteiger partial charge in [0.1, 0.15) is 11.3 Å². The maximum absolute atomic E-state index is 12.0. The van der Waals surface area contributed by atoms with Gasteiger partial charge in [-0.05, 0) is 49.1 Å². The molecular formula is C20H24N4O. The van der Waals surface area contributed by atoms with Crippen molar-refractivity contribution < 1.29 is 4.79 Å². The minimum atomic E-state index is 0.0688. The van der Waals surface area contributed by atoms with Crippen LogP contribution in [0.3, 0.4) is 0 Å². The van der Waals surface area contributed by atoms with Crippen LogP contribution in [0.1, 0.15) is 31.7 Å². The number of rotatable bonds is 6. The first-order valence-electron chi connectivity index (χ1n) is 8.70. The predicted molar refractivity (Wildman–Crippen MR) is 99.8 cm³/mol. The summed E-state index contributed by atoms with van der Waals surface area (Å²) in [5.41, 5.74) is 3.73. The van der Waals surface area contributed by atoms with Crippen molar-refractivity contribution in [1.29, 1.82) is 0 Å². The number of nitrogens with one attached hydrogen (secondary N) is 1. The highest BCUT2D eigenvalue weighted by atomic mass is 16.1. The van der Waals surface area contributed by atoms with E-state index in [1.807, 2.05) is 47.9 Å². The van der Waals surface area contributed by atoms with E-state index in [-0.39, 0.29) is 5.91 Å². The summed E-state index contributed by atoms with van der Waals surface area (Å²) in [5.74, 6) is 1.56. The number of pyridine rings is 1. The molecule has 5 heteroatoms. The van der Waals surface area contributed by atoms with Crippen LogP contribution in [0.5, 0.6) is 0 Å². The Labute approximate surface area is 148 Å². The summed E-state index contributed by atoms with van der Waals surface area (Å²) in [6.07, 6.45) is 3.18. The highest BCUT2D eigenvalue weighted by molar-refractivity contribution is 5.78. The van der Waals surface area contributed by atoms with Gasteiger partial charge in [0.25, 0.3) is 0 Å². The van der Waals surface area contributed by atoms with E-state index >= 15 is 0 Å². The molecule has 1 amide bonds. The van der Waals surface area contributed by atoms with Gasteiger partial charge in [-0.2, -0.15) is 0 Å². The van der Waals surface area contributed by atoms with Gasteiger partial charge in [0, 0.05) is 18.4 Å². The average molecular weight is 336 g/mol. The SMILES string of the molecule is Cc1nc2cccnc2n1-c1ccc(CC(=O)NCCC(C)C)cc1. The van der Waals surface area contributed by atoms with Gasteiger partial charge in [-0.1, -0.05) is 26.0 Å². The van der Waals surface area contributed by atoms with Gasteiger partial charge in [0.2, 0.25) is 5.91 Å². The van der Waals surface area contributed by atoms with Crippen molar-refractivity contribution in [2.75, 3.05) is 6.54 Å². The largest absolute Gasteiger partial charge is 0.356 e. The van der Waals surface area contributed by atoms with Crippen molar-refractivity contribution in [3.63, 3.8) is 0 Å². The molecule has 3 rings (SSSR count). The van der Waals surface area contributed by atoms with Gasteiger partial charge >= 0.3 is 0 Å². The lowest BCUT2D eigenvalue weighted by molar-refractivity contribution is -0.120. The quantitative estimate of drug-likeness (QED) is 0.750. The monoisotopic (exact) mass is 336 g/mol. The molecule has 0 fully saturated rings. The number of carbonyl (C=O) groups is 1. The van der Waals surface area contributed by atoms with Gasteiger partial charge in [0.15, 0.2) is 5.65 Å². The lowest BCUT2D eigenvalue weighted by Gasteiger charge is -2.09. The molecule has 0 aliphatic rings. The zero-order valence-electron chi connectivity index (χ0n) is 15.0. The minimum absolute atomic E-state index is 0.0688. The third-order valence-corrected chi connectivity index (χ3v) is 4.19. The third-order valence-electron chi connectivity index (χ3n) is 4.19. The Morgan fingerprint density at radius 3 is 2.68 bits per heavy atom. The smallest absolute Gasteiger partial charge is 0.224 e. The number of aromatic nitrogens is 3. The number of hydrogen-bond acceptors (Lipinski definition) is 3. The molecule has 130 valence electrons. The summed E-state index contributed by atoms with van der Waals surface area (Å²) in [6.45, 7) is 7.02. The third kappa shape index (κ3) is 4.05. The first-order chi connectivity index (χ1) is 12.0. The summed E-state index contributed by atoms with van der Waals surface area (Å²) in [4.78, 5) is 21.0. The Morgan fingerprint density at radius 2 is 1.96 bits per heavy atom. The van der Waals surface area contributed by atoms with Crippen molar-refractivity contribution in [2.24, 2.45) is 5.92 Å². The van der Waals surface area contributed by atoms with Crippen LogP contribution in [0.15, 0.2) is 42.6 Å². The summed E-state index contributed by atoms with van der Waals surface area (Å²) >= 11 is 0. The van der Waals surface area contributed by atoms with Crippen LogP contribution in [-0.2, 0) is 11.2 Å². The van der Waals surface area contributed by atoms with E-state index in [2.05, 4.69) is 29.1 Å². The van der Waals surface area contributed by atoms with Gasteiger partial charge in [-0.15, -0.1) is 0 Å². The summed E-state index contributed by atoms with van der Waals surface area (Å²) in [5, 5.41) is 2.97. The van der Waals surface area contributed by atoms with Gasteiger partial charge < -0.3 is 5.32 Å². The van der Waals surface area contributed by atoms with E-state index in [1.165, 1.54) is 0 Å². The van der Waals surface area contributed by atoms with Crippen LogP contribution in [0.2, 0.25) is 0 Å². The van der Waals surface area contributed by atoms with Gasteiger partial charge in [0.05, 0.1) is 6.42 Å². The predicted octanol–water partition coefficient (Wildman–Crippen LogP) is 3.43. The number of nitrogens with zero attached hydrogens (tertiary/aromatic N) is 3. The van der Waals surface area contributed by atoms with Crippen LogP contribution >= 0.6 is 0 Å². The van der Waals surface area contributed by atoms with Crippen molar-refractivity contribution >= 4 is 17.1 Å². The van der Waals surface area contributed by atoms with E-state index in [9.17, 15) is 4.79 Å². The fraction of sp³-hybridized carbons (Fsp3) is 0.350. The molecule has 2 heterocycles. The van der Waals surface area contributed by atoms with Crippen LogP contribution in [0, 0.1) is 12.8 Å². The molecule has 0 bridgehead atoms. The Morgan fingerprint density at radius 1 is 1.20 bits per heavy atom. The van der Waals surface area contributed by atoms with Crippen LogP contribution < -0.4 is 5.32 Å². The van der Waals surface area contributed by atoms with E-state index in [1.54, 1.807) is 6.20 Å². The van der Waals surface area contributed by atoms with Crippen LogP contribution in [-0.4, -0.2) is 27.0 Å². The summed E-state index contributed by atoms with van der Waals surface area (Å²) in [7, 11) is 0. The molecule has 0 radical (unpaired) electrons. The highest BCUT2D eigenvalue weighted by Crippen LogP contribution is 2.19. The van der Waals surface area contributed by atoms with E-state index in [0.29, 0.717) is 12.3 Å². The van der Waals surface area contributed by atoms with Crippen LogP contribution in [0.25, 0.3) is 16.9 Å². The van der Waals surface area contributed by atoms with Gasteiger partial charge in [-0.3, -0.25) is 9.36 Å². The van der Waals surface area contributed by atoms with E-state index < -0.39 is 0 Å². The number of benzene rings is 1. The molecule has 3 aromatic rings. The molecule has 1 aromatic carbocycles. The van der Waals surface area contributed by atoms with Gasteiger partial charge in [-0.25, -0.2) is 9.97 Å². The van der Waals surface area contributed by atoms with Crippen molar-refractivity contribution in [2.45, 2.75) is 33.6 Å². The number of amides is 1. The molecule has 0 saturated heterocycles. The number of carbonyl (C=O) groups excluding carboxylic acids is 1. The maximum atomic E-state index is 12.0. The second kappa shape index (κ2) is 7.47. The molecule has 2 aromatic heterocycles. The topological polar surface area (TPSA) is 59.8 Å². The Bertz CT molecular complexity index is 865. The standard InChI is InChI=1S/C20H24N4O/c1-14(2)10-12-21-19(25)13-16-6-8-17(9-7-16)24-15(3)23-18-5-4-11-22-20(18)24/h4-9,11,14H,10,12-13H2,1-3H3,(H,21,25). The second-order valence-corrected chi connectivity index (χ2v) is 6.72. The number of aryl methyl sites for hydroxylation is 1. The summed E-state index contributed by atoms with van der Waals surface area (Å²) < 4.78 is 2.03. The highest BCUT2D eigenvalue weighted by Gasteiger charge is 2.10. The van der Waals surface area contributed by atoms with Crippen molar-refractivity contribution in [1.82, 2.24) is 19.9 Å². The Balaban J connectivity index is 1.72. The number of fused-ring (bicyclic) bond motifs is 1. The molecule has 0 saturated carbocycles. The molecule has 1 N–H and O–H groups in total. The maximum Gasteiger partial charge on any atom is 0.224 e. The second-order valence-electron chi connectivity index (χ2n) is 6.72. The molecule has 5 nitrogen and oxygen atoms in total. The molecule has 0 aliphatic carbocycles. The fourth-order valence-electron chi connectivity index (χ4n) is 2.85. The lowest BCUT2D eigenvalue weighted by atomic mass is 10.1. The van der Waals surface area contributed by atoms with E-state index in [4.69, 9.17) is 0 Å². The number of hydrogen-bond donors (Lipinski definition) is 1. The minimum Gasteiger partial charge on any atom is -0.356 e. The molecular weight excluding hydrogens is 312 g/mol. The number of imidazole rings is 1. The first-order valence-corrected chi connectivity index (χ1v) is 8.70. The van der Waals surface area contributed by atoms with Crippen molar-refractivity contribution in [3.05, 3.63) is 54.0 Å². The molecule has 0 aliphatic heterocycles. The van der Waals surface area contributed by atoms with E-state index in [0.717, 1.165) is 41.2 Å². The average Bonchev–Trinajstić information content (AvgIpc) is 2.91. The Kier molecular flexibility index (Phi) is 5.12. The van der Waals surface area contributed by atoms with Crippen molar-refractivity contribution in [3.8, 4) is 5.69 Å². The summed E-state index contributed by atoms with van der Waals surface area (Å²) in [6, 6.07) is 11.9. The molecule has 25 heavy (non-hydrogen) atoms. The van der Waals surface area contributed by atoms with Crippen LogP contribution in [0.4, 0.5) is 0 Å². The normalized spacial score (nSPS) is 11.2. The fourth-order valence-corrected chi connectivity index (χ4v) is 2.85. The zero-order chi connectivity index (χ0) is 17.8. The Hall–Kier alpha value is -2.69.